The van der Waals surface area contributed by atoms with Gasteiger partial charge in [0.15, 0.2) is 0 Å². The molecule has 0 amide bonds. The number of para-hydroxylation sites is 1. The molecule has 3 aromatic heterocycles. The molecule has 110 valence electrons. The third kappa shape index (κ3) is 1.73. The summed E-state index contributed by atoms with van der Waals surface area (Å²) in [6.45, 7) is 0. The van der Waals surface area contributed by atoms with E-state index in [1.165, 1.54) is 0 Å². The number of benzene rings is 1. The number of aryl methyl sites for hydroxylation is 2. The largest absolute Gasteiger partial charge is 0.469 e. The van der Waals surface area contributed by atoms with E-state index in [9.17, 15) is 4.79 Å². The van der Waals surface area contributed by atoms with E-state index in [1.54, 1.807) is 17.9 Å². The van der Waals surface area contributed by atoms with E-state index < -0.39 is 0 Å². The van der Waals surface area contributed by atoms with Crippen molar-refractivity contribution in [3.05, 3.63) is 70.5 Å². The molecule has 0 saturated carbocycles. The van der Waals surface area contributed by atoms with Crippen LogP contribution in [0.4, 0.5) is 0 Å². The maximum Gasteiger partial charge on any atom is 0.274 e. The molecule has 4 aromatic rings. The number of rotatable bonds is 2. The molecule has 0 bridgehead atoms. The van der Waals surface area contributed by atoms with Crippen LogP contribution in [0.25, 0.3) is 21.8 Å². The molecule has 0 atom stereocenters. The zero-order valence-corrected chi connectivity index (χ0v) is 12.5. The van der Waals surface area contributed by atoms with Crippen LogP contribution in [0.5, 0.6) is 0 Å². The van der Waals surface area contributed by atoms with Crippen molar-refractivity contribution in [2.45, 2.75) is 6.42 Å². The second-order valence-corrected chi connectivity index (χ2v) is 5.63. The average molecular weight is 292 g/mol. The number of aromatic nitrogens is 2. The summed E-state index contributed by atoms with van der Waals surface area (Å²) in [7, 11) is 3.74. The van der Waals surface area contributed by atoms with Crippen LogP contribution < -0.4 is 5.56 Å². The molecule has 0 aliphatic carbocycles. The van der Waals surface area contributed by atoms with Crippen molar-refractivity contribution in [1.82, 2.24) is 9.13 Å². The summed E-state index contributed by atoms with van der Waals surface area (Å²) in [5.74, 6) is 0.896. The number of fused-ring (bicyclic) bond motifs is 3. The highest BCUT2D eigenvalue weighted by Crippen LogP contribution is 2.29. The monoisotopic (exact) mass is 292 g/mol. The summed E-state index contributed by atoms with van der Waals surface area (Å²) in [6, 6.07) is 12.0. The molecule has 0 unspecified atom stereocenters. The summed E-state index contributed by atoms with van der Waals surface area (Å²) >= 11 is 0. The Bertz CT molecular complexity index is 1040. The van der Waals surface area contributed by atoms with Crippen molar-refractivity contribution >= 4 is 21.8 Å². The molecule has 22 heavy (non-hydrogen) atoms. The van der Waals surface area contributed by atoms with Crippen LogP contribution in [0.15, 0.2) is 58.1 Å². The van der Waals surface area contributed by atoms with Crippen molar-refractivity contribution in [3.8, 4) is 0 Å². The number of nitrogens with zero attached hydrogens (tertiary/aromatic N) is 2. The lowest BCUT2D eigenvalue weighted by atomic mass is 10.0. The topological polar surface area (TPSA) is 40.1 Å². The van der Waals surface area contributed by atoms with E-state index in [2.05, 4.69) is 6.07 Å². The molecule has 4 rings (SSSR count). The highest BCUT2D eigenvalue weighted by Gasteiger charge is 2.16. The minimum atomic E-state index is 0.0249. The van der Waals surface area contributed by atoms with Crippen molar-refractivity contribution in [2.24, 2.45) is 14.1 Å². The van der Waals surface area contributed by atoms with E-state index in [4.69, 9.17) is 4.42 Å². The molecule has 0 aliphatic rings. The quantitative estimate of drug-likeness (QED) is 0.569. The van der Waals surface area contributed by atoms with Gasteiger partial charge in [0.2, 0.25) is 0 Å². The summed E-state index contributed by atoms with van der Waals surface area (Å²) in [4.78, 5) is 12.6. The van der Waals surface area contributed by atoms with Gasteiger partial charge in [0.25, 0.3) is 5.56 Å². The first-order valence-corrected chi connectivity index (χ1v) is 7.25. The van der Waals surface area contributed by atoms with Crippen LogP contribution in [-0.2, 0) is 20.5 Å². The molecule has 0 aliphatic heterocycles. The summed E-state index contributed by atoms with van der Waals surface area (Å²) in [5, 5.41) is 2.14. The fraction of sp³-hybridized carbons (Fsp3) is 0.167. The number of hydrogen-bond donors (Lipinski definition) is 0. The molecule has 0 spiro atoms. The molecule has 3 heterocycles. The predicted octanol–water partition coefficient (Wildman–Crippen LogP) is 3.21. The number of hydrogen-bond acceptors (Lipinski definition) is 2. The van der Waals surface area contributed by atoms with Gasteiger partial charge in [-0.2, -0.15) is 0 Å². The van der Waals surface area contributed by atoms with Crippen LogP contribution in [0.1, 0.15) is 11.3 Å². The van der Waals surface area contributed by atoms with Gasteiger partial charge in [-0.15, -0.1) is 0 Å². The van der Waals surface area contributed by atoms with E-state index >= 15 is 0 Å². The second-order valence-electron chi connectivity index (χ2n) is 5.63. The number of pyridine rings is 1. The van der Waals surface area contributed by atoms with Gasteiger partial charge in [-0.25, -0.2) is 0 Å². The van der Waals surface area contributed by atoms with E-state index in [0.29, 0.717) is 6.42 Å². The van der Waals surface area contributed by atoms with Crippen LogP contribution >= 0.6 is 0 Å². The third-order valence-electron chi connectivity index (χ3n) is 4.25. The van der Waals surface area contributed by atoms with Gasteiger partial charge in [0.05, 0.1) is 6.26 Å². The van der Waals surface area contributed by atoms with E-state index in [-0.39, 0.29) is 5.56 Å². The van der Waals surface area contributed by atoms with Crippen molar-refractivity contribution < 1.29 is 4.42 Å². The first-order chi connectivity index (χ1) is 10.7. The summed E-state index contributed by atoms with van der Waals surface area (Å²) < 4.78 is 9.12. The molecule has 0 fully saturated rings. The Morgan fingerprint density at radius 3 is 2.68 bits per heavy atom. The van der Waals surface area contributed by atoms with Crippen LogP contribution in [-0.4, -0.2) is 9.13 Å². The van der Waals surface area contributed by atoms with Gasteiger partial charge < -0.3 is 13.6 Å². The molecule has 4 heteroatoms. The second kappa shape index (κ2) is 4.63. The first kappa shape index (κ1) is 13.0. The summed E-state index contributed by atoms with van der Waals surface area (Å²) in [5.41, 5.74) is 2.94. The zero-order chi connectivity index (χ0) is 15.3. The molecule has 0 radical (unpaired) electrons. The molecule has 0 saturated heterocycles. The highest BCUT2D eigenvalue weighted by molar-refractivity contribution is 6.09. The molecule has 0 N–H and O–H groups in total. The maximum atomic E-state index is 12.6. The van der Waals surface area contributed by atoms with Crippen LogP contribution in [0, 0.1) is 0 Å². The van der Waals surface area contributed by atoms with Crippen molar-refractivity contribution in [2.75, 3.05) is 0 Å². The van der Waals surface area contributed by atoms with Gasteiger partial charge in [-0.3, -0.25) is 4.79 Å². The van der Waals surface area contributed by atoms with Gasteiger partial charge in [-0.1, -0.05) is 18.2 Å². The Balaban J connectivity index is 2.14. The Kier molecular flexibility index (Phi) is 2.73. The lowest BCUT2D eigenvalue weighted by Gasteiger charge is -2.06. The fourth-order valence-electron chi connectivity index (χ4n) is 3.23. The summed E-state index contributed by atoms with van der Waals surface area (Å²) in [6.07, 6.45) is 4.27. The van der Waals surface area contributed by atoms with Gasteiger partial charge in [-0.05, 0) is 23.8 Å². The van der Waals surface area contributed by atoms with Crippen LogP contribution in [0.2, 0.25) is 0 Å². The molecular weight excluding hydrogens is 276 g/mol. The van der Waals surface area contributed by atoms with Crippen LogP contribution in [0.3, 0.4) is 0 Å². The van der Waals surface area contributed by atoms with Crippen molar-refractivity contribution in [1.29, 1.82) is 0 Å². The van der Waals surface area contributed by atoms with E-state index in [0.717, 1.165) is 33.1 Å². The lowest BCUT2D eigenvalue weighted by molar-refractivity contribution is 0.521. The maximum absolute atomic E-state index is 12.6. The van der Waals surface area contributed by atoms with Crippen molar-refractivity contribution in [3.63, 3.8) is 0 Å². The number of furan rings is 1. The third-order valence-corrected chi connectivity index (χ3v) is 4.25. The Morgan fingerprint density at radius 1 is 1.09 bits per heavy atom. The van der Waals surface area contributed by atoms with Gasteiger partial charge >= 0.3 is 0 Å². The normalized spacial score (nSPS) is 11.5. The van der Waals surface area contributed by atoms with E-state index in [1.807, 2.05) is 48.1 Å². The Morgan fingerprint density at radius 2 is 1.91 bits per heavy atom. The molecular formula is C18H16N2O2. The Labute approximate surface area is 127 Å². The standard InChI is InChI=1S/C18H16N2O2/c1-19-11-12(10-13-6-5-9-22-13)16-14-7-3-4-8-15(14)20(2)17(16)18(19)21/h3-9,11H,10H2,1-2H3. The fourth-order valence-corrected chi connectivity index (χ4v) is 3.23. The smallest absolute Gasteiger partial charge is 0.274 e. The molecule has 4 nitrogen and oxygen atoms in total. The SMILES string of the molecule is Cn1cc(Cc2ccco2)c2c3ccccc3n(C)c2c1=O. The first-order valence-electron chi connectivity index (χ1n) is 7.25. The molecule has 1 aromatic carbocycles. The van der Waals surface area contributed by atoms with Gasteiger partial charge in [0.1, 0.15) is 11.3 Å². The minimum absolute atomic E-state index is 0.0249. The average Bonchev–Trinajstić information content (AvgIpc) is 3.12. The lowest BCUT2D eigenvalue weighted by Crippen LogP contribution is -2.19. The highest BCUT2D eigenvalue weighted by atomic mass is 16.3. The Hall–Kier alpha value is -2.75. The minimum Gasteiger partial charge on any atom is -0.469 e. The zero-order valence-electron chi connectivity index (χ0n) is 12.5. The predicted molar refractivity (Wildman–Crippen MR) is 87.2 cm³/mol. The van der Waals surface area contributed by atoms with Gasteiger partial charge in [0, 0.05) is 43.0 Å².